The van der Waals surface area contributed by atoms with E-state index in [0.29, 0.717) is 5.92 Å². The third kappa shape index (κ3) is 2.07. The van der Waals surface area contributed by atoms with Crippen molar-refractivity contribution in [2.24, 2.45) is 11.8 Å². The fraction of sp³-hybridized carbons (Fsp3) is 1.00. The molecule has 0 aliphatic heterocycles. The van der Waals surface area contributed by atoms with Crippen LogP contribution < -0.4 is 0 Å². The standard InChI is InChI=1S/C12H22O/c1-2-11-4-3-8-12(11,13)9-7-10-5-6-10/h10-11,13H,2-9H2,1H3. The number of hydrogen-bond donors (Lipinski definition) is 1. The zero-order valence-corrected chi connectivity index (χ0v) is 8.76. The molecule has 1 nitrogen and oxygen atoms in total. The molecule has 13 heavy (non-hydrogen) atoms. The van der Waals surface area contributed by atoms with Gasteiger partial charge in [-0.25, -0.2) is 0 Å². The Morgan fingerprint density at radius 1 is 1.31 bits per heavy atom. The molecule has 2 aliphatic carbocycles. The van der Waals surface area contributed by atoms with E-state index in [1.54, 1.807) is 0 Å². The summed E-state index contributed by atoms with van der Waals surface area (Å²) < 4.78 is 0. The molecular formula is C12H22O. The van der Waals surface area contributed by atoms with Gasteiger partial charge in [0.25, 0.3) is 0 Å². The summed E-state index contributed by atoms with van der Waals surface area (Å²) in [5, 5.41) is 10.4. The molecule has 1 N–H and O–H groups in total. The second-order valence-corrected chi connectivity index (χ2v) is 5.08. The second kappa shape index (κ2) is 3.61. The van der Waals surface area contributed by atoms with E-state index in [4.69, 9.17) is 0 Å². The fourth-order valence-electron chi connectivity index (χ4n) is 2.90. The summed E-state index contributed by atoms with van der Waals surface area (Å²) in [6, 6.07) is 0. The van der Waals surface area contributed by atoms with Crippen LogP contribution in [-0.4, -0.2) is 10.7 Å². The van der Waals surface area contributed by atoms with Crippen molar-refractivity contribution in [1.82, 2.24) is 0 Å². The molecule has 0 aromatic rings. The molecule has 0 radical (unpaired) electrons. The minimum Gasteiger partial charge on any atom is -0.390 e. The number of hydrogen-bond acceptors (Lipinski definition) is 1. The molecule has 0 bridgehead atoms. The van der Waals surface area contributed by atoms with Crippen LogP contribution in [0.3, 0.4) is 0 Å². The van der Waals surface area contributed by atoms with E-state index in [9.17, 15) is 5.11 Å². The first kappa shape index (κ1) is 9.51. The van der Waals surface area contributed by atoms with Crippen molar-refractivity contribution in [3.05, 3.63) is 0 Å². The zero-order valence-electron chi connectivity index (χ0n) is 8.76. The van der Waals surface area contributed by atoms with Gasteiger partial charge < -0.3 is 5.11 Å². The average molecular weight is 182 g/mol. The third-order valence-electron chi connectivity index (χ3n) is 4.10. The molecule has 76 valence electrons. The van der Waals surface area contributed by atoms with Gasteiger partial charge >= 0.3 is 0 Å². The van der Waals surface area contributed by atoms with Crippen molar-refractivity contribution < 1.29 is 5.11 Å². The van der Waals surface area contributed by atoms with E-state index < -0.39 is 0 Å². The molecule has 2 saturated carbocycles. The van der Waals surface area contributed by atoms with Crippen molar-refractivity contribution in [2.75, 3.05) is 0 Å². The number of aliphatic hydroxyl groups is 1. The first-order valence-corrected chi connectivity index (χ1v) is 5.97. The largest absolute Gasteiger partial charge is 0.390 e. The molecular weight excluding hydrogens is 160 g/mol. The van der Waals surface area contributed by atoms with Gasteiger partial charge in [-0.05, 0) is 37.5 Å². The molecule has 0 spiro atoms. The van der Waals surface area contributed by atoms with Gasteiger partial charge in [-0.15, -0.1) is 0 Å². The van der Waals surface area contributed by atoms with Crippen LogP contribution in [0.1, 0.15) is 58.3 Å². The Morgan fingerprint density at radius 3 is 2.69 bits per heavy atom. The van der Waals surface area contributed by atoms with Crippen molar-refractivity contribution in [1.29, 1.82) is 0 Å². The second-order valence-electron chi connectivity index (χ2n) is 5.08. The van der Waals surface area contributed by atoms with Gasteiger partial charge in [-0.1, -0.05) is 32.6 Å². The maximum atomic E-state index is 10.4. The van der Waals surface area contributed by atoms with Crippen LogP contribution in [0.25, 0.3) is 0 Å². The first-order valence-electron chi connectivity index (χ1n) is 5.97. The highest BCUT2D eigenvalue weighted by molar-refractivity contribution is 4.92. The molecule has 2 aliphatic rings. The summed E-state index contributed by atoms with van der Waals surface area (Å²) in [6.07, 6.45) is 9.96. The average Bonchev–Trinajstić information content (AvgIpc) is 2.87. The monoisotopic (exact) mass is 182 g/mol. The minimum absolute atomic E-state index is 0.267. The first-order chi connectivity index (χ1) is 6.24. The molecule has 2 atom stereocenters. The molecule has 2 unspecified atom stereocenters. The number of rotatable bonds is 4. The molecule has 0 heterocycles. The predicted molar refractivity (Wildman–Crippen MR) is 54.5 cm³/mol. The molecule has 0 saturated heterocycles. The Kier molecular flexibility index (Phi) is 2.64. The molecule has 0 amide bonds. The quantitative estimate of drug-likeness (QED) is 0.708. The van der Waals surface area contributed by atoms with E-state index in [0.717, 1.165) is 18.8 Å². The van der Waals surface area contributed by atoms with E-state index in [2.05, 4.69) is 6.92 Å². The van der Waals surface area contributed by atoms with Crippen LogP contribution in [-0.2, 0) is 0 Å². The smallest absolute Gasteiger partial charge is 0.0675 e. The van der Waals surface area contributed by atoms with Crippen LogP contribution in [0.2, 0.25) is 0 Å². The topological polar surface area (TPSA) is 20.2 Å². The Labute approximate surface area is 81.5 Å². The van der Waals surface area contributed by atoms with Crippen molar-refractivity contribution >= 4 is 0 Å². The van der Waals surface area contributed by atoms with Gasteiger partial charge in [0.05, 0.1) is 5.60 Å². The highest BCUT2D eigenvalue weighted by Gasteiger charge is 2.40. The lowest BCUT2D eigenvalue weighted by molar-refractivity contribution is -0.00974. The summed E-state index contributed by atoms with van der Waals surface area (Å²) in [5.41, 5.74) is -0.267. The zero-order chi connectivity index (χ0) is 9.31. The molecule has 2 fully saturated rings. The highest BCUT2D eigenvalue weighted by Crippen LogP contribution is 2.44. The maximum absolute atomic E-state index is 10.4. The lowest BCUT2D eigenvalue weighted by Gasteiger charge is -2.29. The van der Waals surface area contributed by atoms with E-state index in [1.807, 2.05) is 0 Å². The summed E-state index contributed by atoms with van der Waals surface area (Å²) >= 11 is 0. The van der Waals surface area contributed by atoms with Crippen LogP contribution in [0, 0.1) is 11.8 Å². The Balaban J connectivity index is 1.84. The van der Waals surface area contributed by atoms with E-state index >= 15 is 0 Å². The van der Waals surface area contributed by atoms with Gasteiger partial charge in [0.1, 0.15) is 0 Å². The van der Waals surface area contributed by atoms with Crippen molar-refractivity contribution in [3.8, 4) is 0 Å². The molecule has 0 aromatic carbocycles. The SMILES string of the molecule is CCC1CCCC1(O)CCC1CC1. The maximum Gasteiger partial charge on any atom is 0.0675 e. The van der Waals surface area contributed by atoms with Gasteiger partial charge in [0, 0.05) is 0 Å². The predicted octanol–water partition coefficient (Wildman–Crippen LogP) is 3.12. The normalized spacial score (nSPS) is 39.7. The van der Waals surface area contributed by atoms with Gasteiger partial charge in [-0.2, -0.15) is 0 Å². The summed E-state index contributed by atoms with van der Waals surface area (Å²) in [4.78, 5) is 0. The van der Waals surface area contributed by atoms with Gasteiger partial charge in [0.2, 0.25) is 0 Å². The fourth-order valence-corrected chi connectivity index (χ4v) is 2.90. The van der Waals surface area contributed by atoms with Crippen LogP contribution >= 0.6 is 0 Å². The van der Waals surface area contributed by atoms with Gasteiger partial charge in [-0.3, -0.25) is 0 Å². The van der Waals surface area contributed by atoms with E-state index in [1.165, 1.54) is 38.5 Å². The van der Waals surface area contributed by atoms with Crippen LogP contribution in [0.5, 0.6) is 0 Å². The molecule has 2 rings (SSSR count). The lowest BCUT2D eigenvalue weighted by atomic mass is 9.84. The van der Waals surface area contributed by atoms with Crippen molar-refractivity contribution in [3.63, 3.8) is 0 Å². The minimum atomic E-state index is -0.267. The van der Waals surface area contributed by atoms with Crippen molar-refractivity contribution in [2.45, 2.75) is 63.9 Å². The summed E-state index contributed by atoms with van der Waals surface area (Å²) in [7, 11) is 0. The van der Waals surface area contributed by atoms with Crippen LogP contribution in [0.4, 0.5) is 0 Å². The lowest BCUT2D eigenvalue weighted by Crippen LogP contribution is -2.32. The van der Waals surface area contributed by atoms with Crippen LogP contribution in [0.15, 0.2) is 0 Å². The summed E-state index contributed by atoms with van der Waals surface area (Å²) in [6.45, 7) is 2.22. The summed E-state index contributed by atoms with van der Waals surface area (Å²) in [5.74, 6) is 1.58. The highest BCUT2D eigenvalue weighted by atomic mass is 16.3. The molecule has 1 heteroatoms. The van der Waals surface area contributed by atoms with Gasteiger partial charge in [0.15, 0.2) is 0 Å². The Bertz CT molecular complexity index is 174. The van der Waals surface area contributed by atoms with E-state index in [-0.39, 0.29) is 5.60 Å². The Morgan fingerprint density at radius 2 is 2.08 bits per heavy atom. The molecule has 0 aromatic heterocycles. The third-order valence-corrected chi connectivity index (χ3v) is 4.10. The Hall–Kier alpha value is -0.0400.